The number of aryl methyl sites for hydroxylation is 1. The third kappa shape index (κ3) is 4.03. The summed E-state index contributed by atoms with van der Waals surface area (Å²) in [6, 6.07) is 9.35. The predicted molar refractivity (Wildman–Crippen MR) is 132 cm³/mol. The highest BCUT2D eigenvalue weighted by atomic mass is 35.5. The van der Waals surface area contributed by atoms with Crippen LogP contribution in [-0.2, 0) is 23.4 Å². The van der Waals surface area contributed by atoms with Crippen molar-refractivity contribution in [2.75, 3.05) is 0 Å². The number of fused-ring (bicyclic) bond motifs is 2. The topological polar surface area (TPSA) is 123 Å². The van der Waals surface area contributed by atoms with Crippen molar-refractivity contribution in [3.63, 3.8) is 0 Å². The summed E-state index contributed by atoms with van der Waals surface area (Å²) in [6.07, 6.45) is 3.19. The smallest absolute Gasteiger partial charge is 0.268 e. The Morgan fingerprint density at radius 2 is 1.94 bits per heavy atom. The van der Waals surface area contributed by atoms with Crippen molar-refractivity contribution in [3.05, 3.63) is 76.0 Å². The van der Waals surface area contributed by atoms with Crippen molar-refractivity contribution in [2.24, 2.45) is 7.05 Å². The van der Waals surface area contributed by atoms with Crippen molar-refractivity contribution >= 4 is 60.8 Å². The van der Waals surface area contributed by atoms with Crippen molar-refractivity contribution in [3.8, 4) is 0 Å². The molecular formula is C23H18Cl2N6O3S. The molecule has 12 heteroatoms. The van der Waals surface area contributed by atoms with Crippen molar-refractivity contribution in [2.45, 2.75) is 23.3 Å². The van der Waals surface area contributed by atoms with Gasteiger partial charge in [-0.3, -0.25) is 9.89 Å². The molecule has 5 rings (SSSR count). The summed E-state index contributed by atoms with van der Waals surface area (Å²) < 4.78 is 28.0. The Hall–Kier alpha value is -3.47. The summed E-state index contributed by atoms with van der Waals surface area (Å²) in [5.41, 5.74) is 2.15. The molecule has 0 atom stereocenters. The second-order valence-corrected chi connectivity index (χ2v) is 10.6. The summed E-state index contributed by atoms with van der Waals surface area (Å²) in [5.74, 6) is 0.108. The van der Waals surface area contributed by atoms with Crippen LogP contribution in [0.3, 0.4) is 0 Å². The number of hydrogen-bond acceptors (Lipinski definition) is 6. The maximum absolute atomic E-state index is 13.3. The third-order valence-corrected chi connectivity index (χ3v) is 8.42. The standard InChI is InChI=1S/C23H18Cl2N6O3S/c1-12-26-11-16-15(17(24)4-6-19(16)29-12)10-27-23(32)20-8-21(22(25)31(20)2)35(33,34)14-3-5-18-13(7-14)9-28-30-18/h3-9,11H,10H2,1-2H3,(H,27,32)(H,28,30). The molecule has 2 N–H and O–H groups in total. The van der Waals surface area contributed by atoms with Crippen LogP contribution in [0.4, 0.5) is 0 Å². The number of benzene rings is 2. The highest BCUT2D eigenvalue weighted by Gasteiger charge is 2.27. The minimum atomic E-state index is -3.99. The van der Waals surface area contributed by atoms with E-state index in [-0.39, 0.29) is 27.2 Å². The van der Waals surface area contributed by atoms with Gasteiger partial charge >= 0.3 is 0 Å². The molecule has 0 spiro atoms. The molecule has 0 fully saturated rings. The van der Waals surface area contributed by atoms with Crippen LogP contribution in [-0.4, -0.2) is 39.1 Å². The van der Waals surface area contributed by atoms with Crippen LogP contribution in [0.15, 0.2) is 58.6 Å². The van der Waals surface area contributed by atoms with Gasteiger partial charge in [-0.2, -0.15) is 5.10 Å². The van der Waals surface area contributed by atoms with E-state index in [1.54, 1.807) is 31.3 Å². The number of aromatic amines is 1. The van der Waals surface area contributed by atoms with Crippen LogP contribution in [0, 0.1) is 6.92 Å². The molecule has 35 heavy (non-hydrogen) atoms. The molecule has 1 amide bonds. The number of rotatable bonds is 5. The van der Waals surface area contributed by atoms with Gasteiger partial charge in [-0.15, -0.1) is 0 Å². The van der Waals surface area contributed by atoms with E-state index in [1.807, 2.05) is 0 Å². The van der Waals surface area contributed by atoms with E-state index < -0.39 is 15.7 Å². The molecule has 0 aliphatic carbocycles. The molecule has 2 aromatic carbocycles. The number of amides is 1. The van der Waals surface area contributed by atoms with Crippen LogP contribution >= 0.6 is 23.2 Å². The fourth-order valence-electron chi connectivity index (χ4n) is 3.84. The number of nitrogens with one attached hydrogen (secondary N) is 2. The molecule has 0 bridgehead atoms. The quantitative estimate of drug-likeness (QED) is 0.352. The van der Waals surface area contributed by atoms with Crippen molar-refractivity contribution < 1.29 is 13.2 Å². The number of sulfone groups is 1. The van der Waals surface area contributed by atoms with Gasteiger partial charge in [0.05, 0.1) is 22.1 Å². The molecule has 0 saturated carbocycles. The highest BCUT2D eigenvalue weighted by Crippen LogP contribution is 2.32. The molecule has 9 nitrogen and oxygen atoms in total. The minimum absolute atomic E-state index is 0.0451. The molecule has 0 saturated heterocycles. The fourth-order valence-corrected chi connectivity index (χ4v) is 5.93. The SMILES string of the molecule is Cc1ncc2c(CNC(=O)c3cc(S(=O)(=O)c4ccc5[nH]ncc5c4)c(Cl)n3C)c(Cl)ccc2n1. The van der Waals surface area contributed by atoms with Crippen LogP contribution in [0.2, 0.25) is 10.2 Å². The van der Waals surface area contributed by atoms with E-state index >= 15 is 0 Å². The molecule has 178 valence electrons. The number of nitrogens with zero attached hydrogens (tertiary/aromatic N) is 4. The summed E-state index contributed by atoms with van der Waals surface area (Å²) in [4.78, 5) is 21.5. The first-order valence-corrected chi connectivity index (χ1v) is 12.6. The van der Waals surface area contributed by atoms with E-state index in [2.05, 4.69) is 25.5 Å². The number of aromatic nitrogens is 5. The van der Waals surface area contributed by atoms with Gasteiger partial charge in [0.1, 0.15) is 21.6 Å². The molecule has 0 aliphatic heterocycles. The molecule has 3 heterocycles. The van der Waals surface area contributed by atoms with Crippen LogP contribution < -0.4 is 5.32 Å². The van der Waals surface area contributed by atoms with Crippen LogP contribution in [0.25, 0.3) is 21.8 Å². The molecule has 0 unspecified atom stereocenters. The van der Waals surface area contributed by atoms with Gasteiger partial charge in [-0.1, -0.05) is 23.2 Å². The van der Waals surface area contributed by atoms with Crippen LogP contribution in [0.1, 0.15) is 21.9 Å². The predicted octanol–water partition coefficient (Wildman–Crippen LogP) is 4.22. The van der Waals surface area contributed by atoms with E-state index in [9.17, 15) is 13.2 Å². The molecule has 0 aliphatic rings. The Labute approximate surface area is 210 Å². The second kappa shape index (κ2) is 8.63. The molecule has 5 aromatic rings. The van der Waals surface area contributed by atoms with Gasteiger partial charge in [0, 0.05) is 41.1 Å². The Balaban J connectivity index is 1.45. The summed E-state index contributed by atoms with van der Waals surface area (Å²) in [7, 11) is -2.47. The van der Waals surface area contributed by atoms with E-state index in [1.165, 1.54) is 36.0 Å². The lowest BCUT2D eigenvalue weighted by molar-refractivity contribution is 0.0943. The lowest BCUT2D eigenvalue weighted by atomic mass is 10.1. The molecule has 3 aromatic heterocycles. The first-order chi connectivity index (χ1) is 16.7. The van der Waals surface area contributed by atoms with Crippen molar-refractivity contribution in [1.82, 2.24) is 30.0 Å². The first-order valence-electron chi connectivity index (χ1n) is 10.4. The Kier molecular flexibility index (Phi) is 5.74. The zero-order valence-corrected chi connectivity index (χ0v) is 20.8. The average molecular weight is 529 g/mol. The monoisotopic (exact) mass is 528 g/mol. The Morgan fingerprint density at radius 1 is 1.14 bits per heavy atom. The van der Waals surface area contributed by atoms with E-state index in [4.69, 9.17) is 23.2 Å². The lowest BCUT2D eigenvalue weighted by Gasteiger charge is -2.11. The van der Waals surface area contributed by atoms with Gasteiger partial charge < -0.3 is 9.88 Å². The fraction of sp³-hybridized carbons (Fsp3) is 0.130. The number of hydrogen-bond donors (Lipinski definition) is 2. The van der Waals surface area contributed by atoms with Crippen molar-refractivity contribution in [1.29, 1.82) is 0 Å². The number of halogens is 2. The van der Waals surface area contributed by atoms with E-state index in [0.717, 1.165) is 0 Å². The number of H-pyrrole nitrogens is 1. The summed E-state index contributed by atoms with van der Waals surface area (Å²) >= 11 is 12.7. The summed E-state index contributed by atoms with van der Waals surface area (Å²) in [5, 5.41) is 11.2. The second-order valence-electron chi connectivity index (χ2n) is 7.92. The number of carbonyl (C=O) groups is 1. The number of carbonyl (C=O) groups excluding carboxylic acids is 1. The molecular weight excluding hydrogens is 511 g/mol. The average Bonchev–Trinajstić information content (AvgIpc) is 3.42. The first kappa shape index (κ1) is 23.3. The lowest BCUT2D eigenvalue weighted by Crippen LogP contribution is -2.25. The van der Waals surface area contributed by atoms with Gasteiger partial charge in [0.2, 0.25) is 9.84 Å². The maximum Gasteiger partial charge on any atom is 0.268 e. The zero-order chi connectivity index (χ0) is 24.9. The van der Waals surface area contributed by atoms with Gasteiger partial charge in [-0.05, 0) is 43.3 Å². The normalized spacial score (nSPS) is 11.9. The Morgan fingerprint density at radius 3 is 2.74 bits per heavy atom. The Bertz CT molecular complexity index is 1740. The van der Waals surface area contributed by atoms with Gasteiger partial charge in [-0.25, -0.2) is 18.4 Å². The summed E-state index contributed by atoms with van der Waals surface area (Å²) in [6.45, 7) is 1.87. The highest BCUT2D eigenvalue weighted by molar-refractivity contribution is 7.91. The molecule has 0 radical (unpaired) electrons. The van der Waals surface area contributed by atoms with Crippen LogP contribution in [0.5, 0.6) is 0 Å². The third-order valence-electron chi connectivity index (χ3n) is 5.74. The van der Waals surface area contributed by atoms with E-state index in [0.29, 0.717) is 38.2 Å². The van der Waals surface area contributed by atoms with Gasteiger partial charge in [0.15, 0.2) is 0 Å². The maximum atomic E-state index is 13.3. The largest absolute Gasteiger partial charge is 0.347 e. The van der Waals surface area contributed by atoms with Gasteiger partial charge in [0.25, 0.3) is 5.91 Å². The minimum Gasteiger partial charge on any atom is -0.347 e. The zero-order valence-electron chi connectivity index (χ0n) is 18.5.